The second kappa shape index (κ2) is 7.07. The molecule has 18 heavy (non-hydrogen) atoms. The van der Waals surface area contributed by atoms with Gasteiger partial charge in [0, 0.05) is 6.20 Å². The maximum absolute atomic E-state index is 5.84. The van der Waals surface area contributed by atoms with Gasteiger partial charge >= 0.3 is 0 Å². The van der Waals surface area contributed by atoms with Crippen LogP contribution in [-0.2, 0) is 6.42 Å². The lowest BCUT2D eigenvalue weighted by Crippen LogP contribution is -1.92. The number of benzene rings is 1. The van der Waals surface area contributed by atoms with E-state index in [0.29, 0.717) is 0 Å². The number of pyridine rings is 1. The van der Waals surface area contributed by atoms with Crippen LogP contribution in [0.5, 0.6) is 0 Å². The van der Waals surface area contributed by atoms with Crippen molar-refractivity contribution in [2.24, 2.45) is 0 Å². The van der Waals surface area contributed by atoms with Crippen molar-refractivity contribution in [2.45, 2.75) is 24.3 Å². The lowest BCUT2D eigenvalue weighted by Gasteiger charge is -2.04. The molecule has 0 saturated heterocycles. The summed E-state index contributed by atoms with van der Waals surface area (Å²) in [6.45, 7) is 0. The van der Waals surface area contributed by atoms with Crippen LogP contribution >= 0.6 is 11.8 Å². The lowest BCUT2D eigenvalue weighted by molar-refractivity contribution is 0.802. The van der Waals surface area contributed by atoms with Gasteiger partial charge in [-0.25, -0.2) is 4.98 Å². The highest BCUT2D eigenvalue weighted by atomic mass is 32.2. The standard InChI is InChI=1S/C15H18N2S/c16-14-10-6-11-17-15(14)18-12-5-4-9-13-7-2-1-3-8-13/h1-3,6-8,10-11H,4-5,9,12,16H2. The van der Waals surface area contributed by atoms with Gasteiger partial charge in [0.05, 0.1) is 5.69 Å². The van der Waals surface area contributed by atoms with Crippen LogP contribution in [0.4, 0.5) is 5.69 Å². The number of rotatable bonds is 6. The van der Waals surface area contributed by atoms with Crippen molar-refractivity contribution in [3.8, 4) is 0 Å². The van der Waals surface area contributed by atoms with E-state index in [9.17, 15) is 0 Å². The molecule has 2 aromatic rings. The average Bonchev–Trinajstić information content (AvgIpc) is 2.42. The minimum absolute atomic E-state index is 0.783. The number of hydrogen-bond donors (Lipinski definition) is 1. The maximum atomic E-state index is 5.84. The van der Waals surface area contributed by atoms with E-state index in [0.717, 1.165) is 22.9 Å². The van der Waals surface area contributed by atoms with Gasteiger partial charge < -0.3 is 5.73 Å². The first-order valence-electron chi connectivity index (χ1n) is 6.23. The summed E-state index contributed by atoms with van der Waals surface area (Å²) >= 11 is 1.75. The highest BCUT2D eigenvalue weighted by molar-refractivity contribution is 7.99. The molecule has 0 aliphatic rings. The number of unbranched alkanes of at least 4 members (excludes halogenated alkanes) is 1. The van der Waals surface area contributed by atoms with Gasteiger partial charge in [-0.1, -0.05) is 30.3 Å². The van der Waals surface area contributed by atoms with E-state index in [2.05, 4.69) is 35.3 Å². The predicted octanol–water partition coefficient (Wildman–Crippen LogP) is 3.78. The van der Waals surface area contributed by atoms with Gasteiger partial charge in [0.2, 0.25) is 0 Å². The van der Waals surface area contributed by atoms with E-state index in [4.69, 9.17) is 5.73 Å². The molecule has 0 unspecified atom stereocenters. The summed E-state index contributed by atoms with van der Waals surface area (Å²) in [6, 6.07) is 14.4. The average molecular weight is 258 g/mol. The zero-order valence-electron chi connectivity index (χ0n) is 10.4. The summed E-state index contributed by atoms with van der Waals surface area (Å²) < 4.78 is 0. The number of nitrogens with two attached hydrogens (primary N) is 1. The first kappa shape index (κ1) is 13.0. The van der Waals surface area contributed by atoms with Crippen LogP contribution in [0.3, 0.4) is 0 Å². The zero-order chi connectivity index (χ0) is 12.6. The van der Waals surface area contributed by atoms with E-state index >= 15 is 0 Å². The molecule has 2 N–H and O–H groups in total. The number of aryl methyl sites for hydroxylation is 1. The topological polar surface area (TPSA) is 38.9 Å². The maximum Gasteiger partial charge on any atom is 0.119 e. The van der Waals surface area contributed by atoms with Gasteiger partial charge in [-0.05, 0) is 42.7 Å². The van der Waals surface area contributed by atoms with Crippen molar-refractivity contribution in [2.75, 3.05) is 11.5 Å². The highest BCUT2D eigenvalue weighted by Gasteiger charge is 2.00. The van der Waals surface area contributed by atoms with Crippen LogP contribution in [0.15, 0.2) is 53.7 Å². The Morgan fingerprint density at radius 3 is 2.61 bits per heavy atom. The van der Waals surface area contributed by atoms with Gasteiger partial charge in [0.25, 0.3) is 0 Å². The van der Waals surface area contributed by atoms with Crippen molar-refractivity contribution in [1.29, 1.82) is 0 Å². The van der Waals surface area contributed by atoms with Crippen molar-refractivity contribution in [1.82, 2.24) is 4.98 Å². The number of aromatic nitrogens is 1. The Balaban J connectivity index is 1.66. The van der Waals surface area contributed by atoms with Crippen molar-refractivity contribution < 1.29 is 0 Å². The fraction of sp³-hybridized carbons (Fsp3) is 0.267. The Morgan fingerprint density at radius 2 is 1.83 bits per heavy atom. The second-order valence-corrected chi connectivity index (χ2v) is 5.27. The van der Waals surface area contributed by atoms with E-state index in [-0.39, 0.29) is 0 Å². The normalized spacial score (nSPS) is 10.4. The number of nitrogen functional groups attached to an aromatic ring is 1. The Labute approximate surface area is 113 Å². The molecule has 0 fully saturated rings. The van der Waals surface area contributed by atoms with Crippen LogP contribution < -0.4 is 5.73 Å². The van der Waals surface area contributed by atoms with Crippen LogP contribution in [0.2, 0.25) is 0 Å². The molecule has 1 aromatic heterocycles. The minimum Gasteiger partial charge on any atom is -0.397 e. The van der Waals surface area contributed by atoms with Crippen molar-refractivity contribution >= 4 is 17.4 Å². The Bertz CT molecular complexity index is 471. The van der Waals surface area contributed by atoms with Gasteiger partial charge in [0.1, 0.15) is 5.03 Å². The van der Waals surface area contributed by atoms with Gasteiger partial charge in [-0.2, -0.15) is 0 Å². The molecule has 0 aliphatic heterocycles. The molecule has 1 aromatic carbocycles. The molecule has 0 spiro atoms. The van der Waals surface area contributed by atoms with E-state index in [1.165, 1.54) is 18.4 Å². The molecule has 2 nitrogen and oxygen atoms in total. The zero-order valence-corrected chi connectivity index (χ0v) is 11.2. The third-order valence-electron chi connectivity index (χ3n) is 2.74. The van der Waals surface area contributed by atoms with Gasteiger partial charge in [-0.15, -0.1) is 11.8 Å². The summed E-state index contributed by atoms with van der Waals surface area (Å²) in [5, 5.41) is 0.956. The number of thioether (sulfide) groups is 1. The smallest absolute Gasteiger partial charge is 0.119 e. The highest BCUT2D eigenvalue weighted by Crippen LogP contribution is 2.22. The monoisotopic (exact) mass is 258 g/mol. The van der Waals surface area contributed by atoms with Gasteiger partial charge in [-0.3, -0.25) is 0 Å². The first-order valence-corrected chi connectivity index (χ1v) is 7.22. The fourth-order valence-electron chi connectivity index (χ4n) is 1.77. The minimum atomic E-state index is 0.783. The predicted molar refractivity (Wildman–Crippen MR) is 78.8 cm³/mol. The van der Waals surface area contributed by atoms with Crippen LogP contribution in [0.1, 0.15) is 18.4 Å². The summed E-state index contributed by atoms with van der Waals surface area (Å²) in [6.07, 6.45) is 5.35. The lowest BCUT2D eigenvalue weighted by atomic mass is 10.1. The van der Waals surface area contributed by atoms with Crippen LogP contribution in [0.25, 0.3) is 0 Å². The third-order valence-corrected chi connectivity index (χ3v) is 3.85. The van der Waals surface area contributed by atoms with Crippen molar-refractivity contribution in [3.05, 3.63) is 54.2 Å². The number of hydrogen-bond acceptors (Lipinski definition) is 3. The Morgan fingerprint density at radius 1 is 1.00 bits per heavy atom. The van der Waals surface area contributed by atoms with E-state index in [1.54, 1.807) is 18.0 Å². The molecule has 3 heteroatoms. The molecule has 0 aliphatic carbocycles. The molecule has 0 radical (unpaired) electrons. The molecule has 0 bridgehead atoms. The van der Waals surface area contributed by atoms with E-state index in [1.807, 2.05) is 12.1 Å². The summed E-state index contributed by atoms with van der Waals surface area (Å²) in [5.41, 5.74) is 8.04. The molecular formula is C15H18N2S. The first-order chi connectivity index (χ1) is 8.86. The second-order valence-electron chi connectivity index (χ2n) is 4.19. The third kappa shape index (κ3) is 4.08. The molecule has 0 amide bonds. The largest absolute Gasteiger partial charge is 0.397 e. The molecule has 0 saturated carbocycles. The summed E-state index contributed by atoms with van der Waals surface area (Å²) in [4.78, 5) is 4.27. The number of nitrogens with zero attached hydrogens (tertiary/aromatic N) is 1. The quantitative estimate of drug-likeness (QED) is 0.633. The van der Waals surface area contributed by atoms with Crippen molar-refractivity contribution in [3.63, 3.8) is 0 Å². The molecular weight excluding hydrogens is 240 g/mol. The molecule has 94 valence electrons. The van der Waals surface area contributed by atoms with E-state index < -0.39 is 0 Å². The van der Waals surface area contributed by atoms with Gasteiger partial charge in [0.15, 0.2) is 0 Å². The number of anilines is 1. The van der Waals surface area contributed by atoms with Crippen LogP contribution in [0, 0.1) is 0 Å². The Hall–Kier alpha value is -1.48. The fourth-order valence-corrected chi connectivity index (χ4v) is 2.68. The SMILES string of the molecule is Nc1cccnc1SCCCCc1ccccc1. The molecule has 0 atom stereocenters. The molecule has 1 heterocycles. The Kier molecular flexibility index (Phi) is 5.09. The molecule has 2 rings (SSSR count). The summed E-state index contributed by atoms with van der Waals surface area (Å²) in [7, 11) is 0. The summed E-state index contributed by atoms with van der Waals surface area (Å²) in [5.74, 6) is 1.08. The van der Waals surface area contributed by atoms with Crippen LogP contribution in [-0.4, -0.2) is 10.7 Å².